The minimum absolute atomic E-state index is 0.431. The van der Waals surface area contributed by atoms with Gasteiger partial charge < -0.3 is 0 Å². The Morgan fingerprint density at radius 2 is 2.38 bits per heavy atom. The van der Waals surface area contributed by atoms with Crippen molar-refractivity contribution in [2.75, 3.05) is 0 Å². The molecule has 2 nitrogen and oxygen atoms in total. The van der Waals surface area contributed by atoms with Crippen molar-refractivity contribution >= 4 is 0 Å². The lowest BCUT2D eigenvalue weighted by Crippen LogP contribution is -2.40. The summed E-state index contributed by atoms with van der Waals surface area (Å²) in [6.45, 7) is 2.31. The molecule has 1 aliphatic carbocycles. The van der Waals surface area contributed by atoms with Crippen molar-refractivity contribution in [3.63, 3.8) is 0 Å². The summed E-state index contributed by atoms with van der Waals surface area (Å²) in [6, 6.07) is 0.431. The van der Waals surface area contributed by atoms with Gasteiger partial charge in [-0.1, -0.05) is 13.3 Å². The van der Waals surface area contributed by atoms with Gasteiger partial charge in [0.25, 0.3) is 0 Å². The summed E-state index contributed by atoms with van der Waals surface area (Å²) in [4.78, 5) is 0. The fourth-order valence-corrected chi connectivity index (χ4v) is 2.31. The zero-order valence-corrected chi connectivity index (χ0v) is 8.42. The van der Waals surface area contributed by atoms with E-state index in [1.165, 1.54) is 19.3 Å². The number of nitrogens with one attached hydrogen (secondary N) is 1. The minimum Gasteiger partial charge on any atom is -0.271 e. The van der Waals surface area contributed by atoms with E-state index in [1.54, 1.807) is 0 Å². The molecule has 74 valence electrons. The third-order valence-corrected chi connectivity index (χ3v) is 3.12. The molecule has 0 aromatic carbocycles. The normalized spacial score (nSPS) is 29.9. The molecule has 3 N–H and O–H groups in total. The number of nitrogens with two attached hydrogens (primary N) is 1. The highest BCUT2D eigenvalue weighted by Gasteiger charge is 2.27. The summed E-state index contributed by atoms with van der Waals surface area (Å²) in [5, 5.41) is 0. The van der Waals surface area contributed by atoms with Crippen LogP contribution >= 0.6 is 0 Å². The van der Waals surface area contributed by atoms with Gasteiger partial charge in [-0.15, -0.1) is 12.3 Å². The van der Waals surface area contributed by atoms with Crippen LogP contribution in [0.15, 0.2) is 0 Å². The summed E-state index contributed by atoms with van der Waals surface area (Å²) in [5.41, 5.74) is 2.90. The van der Waals surface area contributed by atoms with Crippen LogP contribution in [0.5, 0.6) is 0 Å². The van der Waals surface area contributed by atoms with Gasteiger partial charge in [-0.3, -0.25) is 11.3 Å². The Morgan fingerprint density at radius 3 is 2.85 bits per heavy atom. The molecule has 0 aliphatic heterocycles. The molecule has 0 heterocycles. The molecule has 0 spiro atoms. The minimum atomic E-state index is 0.431. The van der Waals surface area contributed by atoms with Gasteiger partial charge in [-0.2, -0.15) is 0 Å². The summed E-state index contributed by atoms with van der Waals surface area (Å²) in [7, 11) is 0. The zero-order chi connectivity index (χ0) is 9.68. The summed E-state index contributed by atoms with van der Waals surface area (Å²) >= 11 is 0. The van der Waals surface area contributed by atoms with Crippen LogP contribution < -0.4 is 11.3 Å². The number of hydrogen-bond acceptors (Lipinski definition) is 2. The standard InChI is InChI=1S/C11H20N2/c1-3-4-5-11(13-12)10-7-6-9(2)8-10/h1,9-11,13H,4-8,12H2,2H3. The van der Waals surface area contributed by atoms with E-state index in [9.17, 15) is 0 Å². The van der Waals surface area contributed by atoms with E-state index in [2.05, 4.69) is 18.3 Å². The van der Waals surface area contributed by atoms with Gasteiger partial charge in [0, 0.05) is 12.5 Å². The molecule has 0 bridgehead atoms. The molecule has 1 rings (SSSR count). The molecule has 0 amide bonds. The molecule has 1 saturated carbocycles. The Balaban J connectivity index is 2.34. The van der Waals surface area contributed by atoms with Gasteiger partial charge in [-0.25, -0.2) is 0 Å². The van der Waals surface area contributed by atoms with Crippen molar-refractivity contribution < 1.29 is 0 Å². The summed E-state index contributed by atoms with van der Waals surface area (Å²) in [6.07, 6.45) is 11.0. The Labute approximate surface area is 81.2 Å². The van der Waals surface area contributed by atoms with E-state index in [-0.39, 0.29) is 0 Å². The highest BCUT2D eigenvalue weighted by atomic mass is 15.2. The highest BCUT2D eigenvalue weighted by Crippen LogP contribution is 2.33. The van der Waals surface area contributed by atoms with Gasteiger partial charge in [0.05, 0.1) is 0 Å². The van der Waals surface area contributed by atoms with Crippen LogP contribution in [0.25, 0.3) is 0 Å². The lowest BCUT2D eigenvalue weighted by Gasteiger charge is -2.21. The van der Waals surface area contributed by atoms with Crippen LogP contribution in [0.1, 0.15) is 39.0 Å². The van der Waals surface area contributed by atoms with E-state index in [0.717, 1.165) is 24.7 Å². The molecule has 0 aromatic heterocycles. The Hall–Kier alpha value is -0.520. The lowest BCUT2D eigenvalue weighted by molar-refractivity contribution is 0.340. The van der Waals surface area contributed by atoms with Crippen LogP contribution in [-0.4, -0.2) is 6.04 Å². The molecule has 3 unspecified atom stereocenters. The topological polar surface area (TPSA) is 38.0 Å². The Kier molecular flexibility index (Phi) is 4.27. The second-order valence-corrected chi connectivity index (χ2v) is 4.19. The van der Waals surface area contributed by atoms with Crippen LogP contribution in [0.3, 0.4) is 0 Å². The molecule has 1 aliphatic rings. The average molecular weight is 180 g/mol. The maximum atomic E-state index is 5.52. The van der Waals surface area contributed by atoms with Crippen molar-refractivity contribution in [2.24, 2.45) is 17.7 Å². The molecule has 0 aromatic rings. The van der Waals surface area contributed by atoms with Gasteiger partial charge >= 0.3 is 0 Å². The smallest absolute Gasteiger partial charge is 0.0247 e. The fourth-order valence-electron chi connectivity index (χ4n) is 2.31. The first-order chi connectivity index (χ1) is 6.27. The molecule has 1 fully saturated rings. The van der Waals surface area contributed by atoms with Gasteiger partial charge in [0.15, 0.2) is 0 Å². The van der Waals surface area contributed by atoms with E-state index < -0.39 is 0 Å². The third kappa shape index (κ3) is 3.02. The quantitative estimate of drug-likeness (QED) is 0.392. The van der Waals surface area contributed by atoms with Crippen LogP contribution in [-0.2, 0) is 0 Å². The Bertz CT molecular complexity index is 183. The molecular formula is C11H20N2. The first kappa shape index (κ1) is 10.6. The van der Waals surface area contributed by atoms with Crippen molar-refractivity contribution in [2.45, 2.75) is 45.1 Å². The van der Waals surface area contributed by atoms with Gasteiger partial charge in [0.2, 0.25) is 0 Å². The zero-order valence-electron chi connectivity index (χ0n) is 8.42. The van der Waals surface area contributed by atoms with Crippen LogP contribution in [0, 0.1) is 24.2 Å². The first-order valence-electron chi connectivity index (χ1n) is 5.17. The van der Waals surface area contributed by atoms with Crippen molar-refractivity contribution in [1.82, 2.24) is 5.43 Å². The van der Waals surface area contributed by atoms with E-state index in [1.807, 2.05) is 0 Å². The summed E-state index contributed by atoms with van der Waals surface area (Å²) < 4.78 is 0. The highest BCUT2D eigenvalue weighted by molar-refractivity contribution is 4.89. The number of hydrogen-bond donors (Lipinski definition) is 2. The predicted octanol–water partition coefficient (Wildman–Crippen LogP) is 1.67. The second kappa shape index (κ2) is 5.26. The largest absolute Gasteiger partial charge is 0.271 e. The van der Waals surface area contributed by atoms with E-state index >= 15 is 0 Å². The van der Waals surface area contributed by atoms with Gasteiger partial charge in [-0.05, 0) is 31.1 Å². The monoisotopic (exact) mass is 180 g/mol. The number of rotatable bonds is 4. The first-order valence-corrected chi connectivity index (χ1v) is 5.17. The van der Waals surface area contributed by atoms with Crippen LogP contribution in [0.4, 0.5) is 0 Å². The molecule has 0 saturated heterocycles. The number of hydrazine groups is 1. The van der Waals surface area contributed by atoms with E-state index in [0.29, 0.717) is 6.04 Å². The maximum absolute atomic E-state index is 5.52. The molecule has 2 heteroatoms. The SMILES string of the molecule is C#CCCC(NN)C1CCC(C)C1. The molecule has 3 atom stereocenters. The second-order valence-electron chi connectivity index (χ2n) is 4.19. The lowest BCUT2D eigenvalue weighted by atomic mass is 9.94. The number of terminal acetylenes is 1. The molecule has 0 radical (unpaired) electrons. The molecular weight excluding hydrogens is 160 g/mol. The predicted molar refractivity (Wildman–Crippen MR) is 55.7 cm³/mol. The Morgan fingerprint density at radius 1 is 1.62 bits per heavy atom. The average Bonchev–Trinajstić information content (AvgIpc) is 2.54. The van der Waals surface area contributed by atoms with Crippen molar-refractivity contribution in [3.8, 4) is 12.3 Å². The third-order valence-electron chi connectivity index (χ3n) is 3.12. The molecule has 13 heavy (non-hydrogen) atoms. The van der Waals surface area contributed by atoms with Crippen LogP contribution in [0.2, 0.25) is 0 Å². The maximum Gasteiger partial charge on any atom is 0.0247 e. The van der Waals surface area contributed by atoms with Gasteiger partial charge in [0.1, 0.15) is 0 Å². The summed E-state index contributed by atoms with van der Waals surface area (Å²) in [5.74, 6) is 9.80. The van der Waals surface area contributed by atoms with E-state index in [4.69, 9.17) is 12.3 Å². The van der Waals surface area contributed by atoms with Crippen molar-refractivity contribution in [1.29, 1.82) is 0 Å². The fraction of sp³-hybridized carbons (Fsp3) is 0.818. The van der Waals surface area contributed by atoms with Crippen molar-refractivity contribution in [3.05, 3.63) is 0 Å².